The van der Waals surface area contributed by atoms with Crippen molar-refractivity contribution in [3.8, 4) is 0 Å². The number of hydrogen-bond acceptors (Lipinski definition) is 3. The van der Waals surface area contributed by atoms with E-state index >= 15 is 0 Å². The highest BCUT2D eigenvalue weighted by atomic mass is 32.1. The number of anilines is 1. The Morgan fingerprint density at radius 2 is 1.91 bits per heavy atom. The molecule has 0 aliphatic rings. The van der Waals surface area contributed by atoms with Crippen molar-refractivity contribution in [2.45, 2.75) is 19.9 Å². The Morgan fingerprint density at radius 1 is 1.17 bits per heavy atom. The van der Waals surface area contributed by atoms with Crippen LogP contribution >= 0.6 is 11.3 Å². The zero-order valence-corrected chi connectivity index (χ0v) is 14.9. The second-order valence-corrected chi connectivity index (χ2v) is 6.73. The number of nitrogens with zero attached hydrogens (tertiary/aromatic N) is 2. The molecular formula is C18H25N3OS. The molecule has 0 bridgehead atoms. The summed E-state index contributed by atoms with van der Waals surface area (Å²) in [6, 6.07) is 12.4. The molecule has 0 radical (unpaired) electrons. The van der Waals surface area contributed by atoms with Crippen LogP contribution in [0.15, 0.2) is 41.8 Å². The number of benzene rings is 1. The number of para-hydroxylation sites is 1. The fraction of sp³-hybridized carbons (Fsp3) is 0.389. The van der Waals surface area contributed by atoms with Gasteiger partial charge < -0.3 is 15.1 Å². The van der Waals surface area contributed by atoms with E-state index in [1.165, 1.54) is 16.1 Å². The fourth-order valence-corrected chi connectivity index (χ4v) is 3.27. The van der Waals surface area contributed by atoms with Gasteiger partial charge in [0, 0.05) is 37.7 Å². The van der Waals surface area contributed by atoms with Gasteiger partial charge in [-0.05, 0) is 42.5 Å². The third-order valence-corrected chi connectivity index (χ3v) is 4.85. The third-order valence-electron chi connectivity index (χ3n) is 3.84. The molecule has 0 atom stereocenters. The van der Waals surface area contributed by atoms with Gasteiger partial charge in [-0.1, -0.05) is 18.2 Å². The number of aryl methyl sites for hydroxylation is 1. The second kappa shape index (κ2) is 8.58. The molecule has 0 saturated carbocycles. The number of thiophene rings is 1. The molecule has 0 saturated heterocycles. The summed E-state index contributed by atoms with van der Waals surface area (Å²) in [6.45, 7) is 4.35. The van der Waals surface area contributed by atoms with Gasteiger partial charge in [0.15, 0.2) is 0 Å². The number of rotatable bonds is 7. The van der Waals surface area contributed by atoms with Crippen molar-refractivity contribution in [1.29, 1.82) is 0 Å². The Balaban J connectivity index is 1.67. The van der Waals surface area contributed by atoms with Crippen LogP contribution in [-0.4, -0.2) is 38.1 Å². The SMILES string of the molecule is Cc1ccsc1CN(C)C(=O)NCCCN(C)c1ccccc1. The van der Waals surface area contributed by atoms with E-state index in [-0.39, 0.29) is 6.03 Å². The van der Waals surface area contributed by atoms with Crippen LogP contribution in [0.25, 0.3) is 0 Å². The predicted molar refractivity (Wildman–Crippen MR) is 98.3 cm³/mol. The number of nitrogens with one attached hydrogen (secondary N) is 1. The quantitative estimate of drug-likeness (QED) is 0.785. The summed E-state index contributed by atoms with van der Waals surface area (Å²) in [5.74, 6) is 0. The summed E-state index contributed by atoms with van der Waals surface area (Å²) < 4.78 is 0. The maximum absolute atomic E-state index is 12.1. The van der Waals surface area contributed by atoms with Crippen molar-refractivity contribution in [2.24, 2.45) is 0 Å². The van der Waals surface area contributed by atoms with Crippen LogP contribution in [0.4, 0.5) is 10.5 Å². The molecule has 0 unspecified atom stereocenters. The zero-order chi connectivity index (χ0) is 16.7. The molecule has 0 aliphatic carbocycles. The summed E-state index contributed by atoms with van der Waals surface area (Å²) in [5.41, 5.74) is 2.45. The van der Waals surface area contributed by atoms with E-state index in [0.29, 0.717) is 13.1 Å². The molecule has 2 rings (SSSR count). The first kappa shape index (κ1) is 17.3. The summed E-state index contributed by atoms with van der Waals surface area (Å²) in [4.78, 5) is 17.3. The minimum Gasteiger partial charge on any atom is -0.375 e. The largest absolute Gasteiger partial charge is 0.375 e. The smallest absolute Gasteiger partial charge is 0.317 e. The van der Waals surface area contributed by atoms with Gasteiger partial charge in [-0.15, -0.1) is 11.3 Å². The predicted octanol–water partition coefficient (Wildman–Crippen LogP) is 3.72. The second-order valence-electron chi connectivity index (χ2n) is 5.73. The van der Waals surface area contributed by atoms with Gasteiger partial charge >= 0.3 is 6.03 Å². The summed E-state index contributed by atoms with van der Waals surface area (Å²) in [6.07, 6.45) is 0.920. The highest BCUT2D eigenvalue weighted by molar-refractivity contribution is 7.10. The molecule has 4 nitrogen and oxygen atoms in total. The van der Waals surface area contributed by atoms with E-state index in [4.69, 9.17) is 0 Å². The molecule has 2 aromatic rings. The molecule has 5 heteroatoms. The number of amides is 2. The Kier molecular flexibility index (Phi) is 6.47. The van der Waals surface area contributed by atoms with Gasteiger partial charge in [0.2, 0.25) is 0 Å². The van der Waals surface area contributed by atoms with Gasteiger partial charge in [-0.3, -0.25) is 0 Å². The lowest BCUT2D eigenvalue weighted by atomic mass is 10.3. The van der Waals surface area contributed by atoms with Crippen LogP contribution in [0.1, 0.15) is 16.9 Å². The first-order valence-electron chi connectivity index (χ1n) is 7.86. The minimum absolute atomic E-state index is 0.0137. The van der Waals surface area contributed by atoms with E-state index in [1.807, 2.05) is 25.2 Å². The van der Waals surface area contributed by atoms with Crippen molar-refractivity contribution in [3.05, 3.63) is 52.2 Å². The summed E-state index contributed by atoms with van der Waals surface area (Å²) in [7, 11) is 3.91. The maximum Gasteiger partial charge on any atom is 0.317 e. The average Bonchev–Trinajstić information content (AvgIpc) is 2.96. The van der Waals surface area contributed by atoms with Crippen molar-refractivity contribution in [1.82, 2.24) is 10.2 Å². The van der Waals surface area contributed by atoms with Crippen LogP contribution in [0.5, 0.6) is 0 Å². The monoisotopic (exact) mass is 331 g/mol. The Hall–Kier alpha value is -2.01. The summed E-state index contributed by atoms with van der Waals surface area (Å²) >= 11 is 1.70. The van der Waals surface area contributed by atoms with Gasteiger partial charge in [0.05, 0.1) is 6.54 Å². The number of hydrogen-bond donors (Lipinski definition) is 1. The molecular weight excluding hydrogens is 306 g/mol. The standard InChI is InChI=1S/C18H25N3OS/c1-15-10-13-23-17(15)14-21(3)18(22)19-11-7-12-20(2)16-8-5-4-6-9-16/h4-6,8-10,13H,7,11-12,14H2,1-3H3,(H,19,22). The lowest BCUT2D eigenvalue weighted by Crippen LogP contribution is -2.38. The summed E-state index contributed by atoms with van der Waals surface area (Å²) in [5, 5.41) is 5.05. The van der Waals surface area contributed by atoms with Gasteiger partial charge in [0.25, 0.3) is 0 Å². The lowest BCUT2D eigenvalue weighted by Gasteiger charge is -2.20. The molecule has 2 amide bonds. The van der Waals surface area contributed by atoms with E-state index in [2.05, 4.69) is 47.8 Å². The van der Waals surface area contributed by atoms with Crippen LogP contribution < -0.4 is 10.2 Å². The first-order chi connectivity index (χ1) is 11.1. The van der Waals surface area contributed by atoms with E-state index < -0.39 is 0 Å². The van der Waals surface area contributed by atoms with Crippen LogP contribution in [0.3, 0.4) is 0 Å². The number of urea groups is 1. The van der Waals surface area contributed by atoms with Crippen molar-refractivity contribution in [2.75, 3.05) is 32.1 Å². The average molecular weight is 331 g/mol. The van der Waals surface area contributed by atoms with E-state index in [0.717, 1.165) is 13.0 Å². The lowest BCUT2D eigenvalue weighted by molar-refractivity contribution is 0.207. The molecule has 1 aromatic heterocycles. The molecule has 124 valence electrons. The van der Waals surface area contributed by atoms with Crippen molar-refractivity contribution < 1.29 is 4.79 Å². The molecule has 0 fully saturated rings. The molecule has 0 aliphatic heterocycles. The maximum atomic E-state index is 12.1. The Morgan fingerprint density at radius 3 is 2.57 bits per heavy atom. The highest BCUT2D eigenvalue weighted by Crippen LogP contribution is 2.17. The number of carbonyl (C=O) groups excluding carboxylic acids is 1. The Bertz CT molecular complexity index is 612. The van der Waals surface area contributed by atoms with Crippen LogP contribution in [0, 0.1) is 6.92 Å². The van der Waals surface area contributed by atoms with Crippen molar-refractivity contribution in [3.63, 3.8) is 0 Å². The molecule has 1 N–H and O–H groups in total. The zero-order valence-electron chi connectivity index (χ0n) is 14.1. The third kappa shape index (κ3) is 5.28. The van der Waals surface area contributed by atoms with Gasteiger partial charge in [0.1, 0.15) is 0 Å². The van der Waals surface area contributed by atoms with Crippen molar-refractivity contribution >= 4 is 23.1 Å². The van der Waals surface area contributed by atoms with Crippen LogP contribution in [0.2, 0.25) is 0 Å². The molecule has 23 heavy (non-hydrogen) atoms. The van der Waals surface area contributed by atoms with E-state index in [9.17, 15) is 4.79 Å². The topological polar surface area (TPSA) is 35.6 Å². The molecule has 1 aromatic carbocycles. The van der Waals surface area contributed by atoms with Gasteiger partial charge in [-0.25, -0.2) is 4.79 Å². The van der Waals surface area contributed by atoms with E-state index in [1.54, 1.807) is 16.2 Å². The molecule has 1 heterocycles. The Labute approximate surface area is 142 Å². The highest BCUT2D eigenvalue weighted by Gasteiger charge is 2.10. The first-order valence-corrected chi connectivity index (χ1v) is 8.74. The number of carbonyl (C=O) groups is 1. The normalized spacial score (nSPS) is 10.4. The minimum atomic E-state index is -0.0137. The van der Waals surface area contributed by atoms with Crippen LogP contribution in [-0.2, 0) is 6.54 Å². The fourth-order valence-electron chi connectivity index (χ4n) is 2.31. The van der Waals surface area contributed by atoms with Gasteiger partial charge in [-0.2, -0.15) is 0 Å². The molecule has 0 spiro atoms.